The summed E-state index contributed by atoms with van der Waals surface area (Å²) < 4.78 is 12.1. The number of ether oxygens (including phenoxy) is 1. The highest BCUT2D eigenvalue weighted by Crippen LogP contribution is 2.41. The summed E-state index contributed by atoms with van der Waals surface area (Å²) >= 11 is 0. The Balaban J connectivity index is 1.65. The van der Waals surface area contributed by atoms with Gasteiger partial charge in [-0.2, -0.15) is 0 Å². The van der Waals surface area contributed by atoms with E-state index in [0.717, 1.165) is 22.6 Å². The van der Waals surface area contributed by atoms with Gasteiger partial charge in [0.2, 0.25) is 0 Å². The van der Waals surface area contributed by atoms with Crippen LogP contribution in [0.15, 0.2) is 102 Å². The zero-order chi connectivity index (χ0) is 18.1. The number of rotatable bonds is 3. The first kappa shape index (κ1) is 15.7. The van der Waals surface area contributed by atoms with E-state index in [1.807, 2.05) is 36.4 Å². The van der Waals surface area contributed by atoms with Gasteiger partial charge in [-0.15, -0.1) is 0 Å². The molecule has 4 aromatic rings. The molecule has 0 radical (unpaired) electrons. The molecule has 0 bridgehead atoms. The zero-order valence-electron chi connectivity index (χ0n) is 14.7. The predicted molar refractivity (Wildman–Crippen MR) is 109 cm³/mol. The van der Waals surface area contributed by atoms with Crippen molar-refractivity contribution in [2.24, 2.45) is 0 Å². The normalized spacial score (nSPS) is 18.5. The molecule has 0 spiro atoms. The SMILES string of the molecule is C1=CC(/C=C/c2ccco2)(c2ccccc2)Oc2ccc3ccccc3c21. The van der Waals surface area contributed by atoms with Crippen LogP contribution in [0.2, 0.25) is 0 Å². The van der Waals surface area contributed by atoms with Gasteiger partial charge in [-0.1, -0.05) is 60.7 Å². The van der Waals surface area contributed by atoms with Crippen molar-refractivity contribution in [2.75, 3.05) is 0 Å². The summed E-state index contributed by atoms with van der Waals surface area (Å²) in [7, 11) is 0. The number of hydrogen-bond acceptors (Lipinski definition) is 2. The van der Waals surface area contributed by atoms with Crippen molar-refractivity contribution in [1.29, 1.82) is 0 Å². The van der Waals surface area contributed by atoms with Gasteiger partial charge in [0.1, 0.15) is 11.5 Å². The van der Waals surface area contributed by atoms with Crippen LogP contribution in [0.4, 0.5) is 0 Å². The van der Waals surface area contributed by atoms with Crippen molar-refractivity contribution in [3.63, 3.8) is 0 Å². The smallest absolute Gasteiger partial charge is 0.171 e. The third-order valence-electron chi connectivity index (χ3n) is 4.97. The molecule has 0 saturated carbocycles. The minimum absolute atomic E-state index is 0.677. The van der Waals surface area contributed by atoms with Gasteiger partial charge in [-0.05, 0) is 53.3 Å². The maximum absolute atomic E-state index is 6.60. The van der Waals surface area contributed by atoms with Crippen LogP contribution in [0, 0.1) is 0 Å². The molecule has 1 atom stereocenters. The fraction of sp³-hybridized carbons (Fsp3) is 0.0400. The second kappa shape index (κ2) is 6.33. The first-order chi connectivity index (χ1) is 13.3. The molecule has 1 aliphatic heterocycles. The van der Waals surface area contributed by atoms with Crippen molar-refractivity contribution in [3.05, 3.63) is 114 Å². The average Bonchev–Trinajstić information content (AvgIpc) is 3.26. The topological polar surface area (TPSA) is 22.4 Å². The third-order valence-corrected chi connectivity index (χ3v) is 4.97. The first-order valence-electron chi connectivity index (χ1n) is 9.02. The average molecular weight is 350 g/mol. The van der Waals surface area contributed by atoms with Crippen LogP contribution in [0.3, 0.4) is 0 Å². The lowest BCUT2D eigenvalue weighted by Crippen LogP contribution is -2.30. The number of furan rings is 1. The third kappa shape index (κ3) is 2.76. The van der Waals surface area contributed by atoms with Crippen molar-refractivity contribution >= 4 is 22.9 Å². The van der Waals surface area contributed by atoms with Gasteiger partial charge < -0.3 is 9.15 Å². The molecule has 0 amide bonds. The van der Waals surface area contributed by atoms with Crippen LogP contribution in [0.5, 0.6) is 5.75 Å². The van der Waals surface area contributed by atoms with Crippen molar-refractivity contribution in [1.82, 2.24) is 0 Å². The van der Waals surface area contributed by atoms with Crippen LogP contribution in [0.25, 0.3) is 22.9 Å². The maximum atomic E-state index is 6.60. The molecule has 1 unspecified atom stereocenters. The van der Waals surface area contributed by atoms with E-state index in [9.17, 15) is 0 Å². The van der Waals surface area contributed by atoms with Crippen molar-refractivity contribution < 1.29 is 9.15 Å². The van der Waals surface area contributed by atoms with E-state index in [4.69, 9.17) is 9.15 Å². The van der Waals surface area contributed by atoms with Gasteiger partial charge in [0.05, 0.1) is 6.26 Å². The molecule has 2 heterocycles. The van der Waals surface area contributed by atoms with E-state index in [-0.39, 0.29) is 0 Å². The largest absolute Gasteiger partial charge is 0.474 e. The van der Waals surface area contributed by atoms with E-state index < -0.39 is 5.60 Å². The molecule has 0 saturated heterocycles. The van der Waals surface area contributed by atoms with E-state index in [0.29, 0.717) is 0 Å². The zero-order valence-corrected chi connectivity index (χ0v) is 14.7. The Morgan fingerprint density at radius 2 is 1.63 bits per heavy atom. The standard InChI is InChI=1S/C25H18O2/c1-2-8-20(9-3-1)25(16-14-21-10-6-18-26-21)17-15-23-22-11-5-4-7-19(22)12-13-24(23)27-25/h1-18H/b16-14+. The molecular weight excluding hydrogens is 332 g/mol. The molecule has 0 aliphatic carbocycles. The van der Waals surface area contributed by atoms with Gasteiger partial charge in [0.25, 0.3) is 0 Å². The lowest BCUT2D eigenvalue weighted by atomic mass is 9.88. The molecule has 0 N–H and O–H groups in total. The minimum atomic E-state index is -0.677. The van der Waals surface area contributed by atoms with Gasteiger partial charge in [0.15, 0.2) is 5.60 Å². The highest BCUT2D eigenvalue weighted by atomic mass is 16.5. The summed E-state index contributed by atoms with van der Waals surface area (Å²) in [5.41, 5.74) is 1.51. The first-order valence-corrected chi connectivity index (χ1v) is 9.02. The molecule has 5 rings (SSSR count). The van der Waals surface area contributed by atoms with Gasteiger partial charge >= 0.3 is 0 Å². The number of hydrogen-bond donors (Lipinski definition) is 0. The molecule has 2 heteroatoms. The van der Waals surface area contributed by atoms with Crippen molar-refractivity contribution in [3.8, 4) is 5.75 Å². The fourth-order valence-electron chi connectivity index (χ4n) is 3.59. The summed E-state index contributed by atoms with van der Waals surface area (Å²) in [6.45, 7) is 0. The Morgan fingerprint density at radius 1 is 0.778 bits per heavy atom. The second-order valence-corrected chi connectivity index (χ2v) is 6.64. The van der Waals surface area contributed by atoms with E-state index in [2.05, 4.69) is 66.8 Å². The molecule has 27 heavy (non-hydrogen) atoms. The Morgan fingerprint density at radius 3 is 2.48 bits per heavy atom. The maximum Gasteiger partial charge on any atom is 0.171 e. The summed E-state index contributed by atoms with van der Waals surface area (Å²) in [6, 6.07) is 26.6. The van der Waals surface area contributed by atoms with Crippen LogP contribution in [0.1, 0.15) is 16.9 Å². The molecule has 3 aromatic carbocycles. The Kier molecular flexibility index (Phi) is 3.68. The lowest BCUT2D eigenvalue weighted by Gasteiger charge is -2.33. The van der Waals surface area contributed by atoms with Gasteiger partial charge in [0, 0.05) is 11.1 Å². The molecular formula is C25H18O2. The van der Waals surface area contributed by atoms with Crippen LogP contribution in [-0.2, 0) is 5.60 Å². The Labute approximate surface area is 158 Å². The molecule has 2 nitrogen and oxygen atoms in total. The molecule has 1 aromatic heterocycles. The molecule has 0 fully saturated rings. The number of benzene rings is 3. The highest BCUT2D eigenvalue weighted by Gasteiger charge is 2.32. The van der Waals surface area contributed by atoms with Crippen LogP contribution >= 0.6 is 0 Å². The van der Waals surface area contributed by atoms with E-state index >= 15 is 0 Å². The summed E-state index contributed by atoms with van der Waals surface area (Å²) in [4.78, 5) is 0. The Hall–Kier alpha value is -3.52. The van der Waals surface area contributed by atoms with E-state index in [1.54, 1.807) is 6.26 Å². The predicted octanol–water partition coefficient (Wildman–Crippen LogP) is 6.45. The summed E-state index contributed by atoms with van der Waals surface area (Å²) in [5.74, 6) is 1.68. The lowest BCUT2D eigenvalue weighted by molar-refractivity contribution is 0.171. The van der Waals surface area contributed by atoms with Crippen molar-refractivity contribution in [2.45, 2.75) is 5.60 Å². The van der Waals surface area contributed by atoms with E-state index in [1.165, 1.54) is 10.8 Å². The van der Waals surface area contributed by atoms with Crippen LogP contribution < -0.4 is 4.74 Å². The molecule has 1 aliphatic rings. The van der Waals surface area contributed by atoms with Crippen LogP contribution in [-0.4, -0.2) is 0 Å². The fourth-order valence-corrected chi connectivity index (χ4v) is 3.59. The monoisotopic (exact) mass is 350 g/mol. The Bertz CT molecular complexity index is 1140. The molecule has 130 valence electrons. The minimum Gasteiger partial charge on any atom is -0.474 e. The summed E-state index contributed by atoms with van der Waals surface area (Å²) in [5, 5.41) is 2.41. The quantitative estimate of drug-likeness (QED) is 0.424. The highest BCUT2D eigenvalue weighted by molar-refractivity contribution is 5.94. The second-order valence-electron chi connectivity index (χ2n) is 6.64. The number of fused-ring (bicyclic) bond motifs is 3. The summed E-state index contributed by atoms with van der Waals surface area (Å²) in [6.07, 6.45) is 9.98. The van der Waals surface area contributed by atoms with Gasteiger partial charge in [-0.3, -0.25) is 0 Å². The van der Waals surface area contributed by atoms with Gasteiger partial charge in [-0.25, -0.2) is 0 Å².